The number of ether oxygens (including phenoxy) is 1. The summed E-state index contributed by atoms with van der Waals surface area (Å²) in [5.74, 6) is 0.0419. The van der Waals surface area contributed by atoms with Gasteiger partial charge < -0.3 is 16.2 Å². The van der Waals surface area contributed by atoms with E-state index >= 15 is 0 Å². The standard InChI is InChI=1S/C13H18N2O2/c14-9-6-7-11(13(15)16)12(8-9)17-10-4-2-1-3-5-10/h6-8,10H,1-5,14H2,(H2,15,16). The molecule has 1 amide bonds. The van der Waals surface area contributed by atoms with E-state index in [4.69, 9.17) is 16.2 Å². The summed E-state index contributed by atoms with van der Waals surface area (Å²) in [6, 6.07) is 4.96. The molecule has 0 unspecified atom stereocenters. The highest BCUT2D eigenvalue weighted by atomic mass is 16.5. The van der Waals surface area contributed by atoms with E-state index in [1.54, 1.807) is 18.2 Å². The number of rotatable bonds is 3. The number of nitrogens with two attached hydrogens (primary N) is 2. The number of hydrogen-bond acceptors (Lipinski definition) is 3. The average molecular weight is 234 g/mol. The van der Waals surface area contributed by atoms with Crippen LogP contribution in [0.4, 0.5) is 5.69 Å². The SMILES string of the molecule is NC(=O)c1ccc(N)cc1OC1CCCCC1. The van der Waals surface area contributed by atoms with Crippen molar-refractivity contribution in [2.24, 2.45) is 5.73 Å². The summed E-state index contributed by atoms with van der Waals surface area (Å²) in [6.45, 7) is 0. The highest BCUT2D eigenvalue weighted by Gasteiger charge is 2.18. The van der Waals surface area contributed by atoms with Crippen LogP contribution in [-0.2, 0) is 0 Å². The molecule has 1 aliphatic rings. The Labute approximate surface area is 101 Å². The van der Waals surface area contributed by atoms with E-state index in [9.17, 15) is 4.79 Å². The van der Waals surface area contributed by atoms with Crippen LogP contribution in [0.15, 0.2) is 18.2 Å². The van der Waals surface area contributed by atoms with Crippen LogP contribution in [-0.4, -0.2) is 12.0 Å². The van der Waals surface area contributed by atoms with Crippen molar-refractivity contribution >= 4 is 11.6 Å². The maximum Gasteiger partial charge on any atom is 0.252 e. The maximum atomic E-state index is 11.3. The molecule has 17 heavy (non-hydrogen) atoms. The Bertz CT molecular complexity index is 412. The highest BCUT2D eigenvalue weighted by molar-refractivity contribution is 5.96. The molecule has 0 aliphatic heterocycles. The molecule has 0 aromatic heterocycles. The summed E-state index contributed by atoms with van der Waals surface area (Å²) in [4.78, 5) is 11.3. The molecule has 4 nitrogen and oxygen atoms in total. The normalized spacial score (nSPS) is 16.7. The Morgan fingerprint density at radius 3 is 2.59 bits per heavy atom. The van der Waals surface area contributed by atoms with E-state index in [2.05, 4.69) is 0 Å². The van der Waals surface area contributed by atoms with Crippen molar-refractivity contribution in [1.29, 1.82) is 0 Å². The van der Waals surface area contributed by atoms with Crippen molar-refractivity contribution in [3.63, 3.8) is 0 Å². The number of hydrogen-bond donors (Lipinski definition) is 2. The topological polar surface area (TPSA) is 78.3 Å². The molecule has 4 N–H and O–H groups in total. The zero-order valence-corrected chi connectivity index (χ0v) is 9.82. The van der Waals surface area contributed by atoms with Gasteiger partial charge in [0.05, 0.1) is 11.7 Å². The lowest BCUT2D eigenvalue weighted by Gasteiger charge is -2.24. The molecule has 1 fully saturated rings. The van der Waals surface area contributed by atoms with Gasteiger partial charge in [0.25, 0.3) is 5.91 Å². The molecule has 2 rings (SSSR count). The Morgan fingerprint density at radius 2 is 1.94 bits per heavy atom. The molecule has 0 atom stereocenters. The zero-order valence-electron chi connectivity index (χ0n) is 9.82. The lowest BCUT2D eigenvalue weighted by atomic mass is 9.97. The lowest BCUT2D eigenvalue weighted by molar-refractivity contribution is 0.0988. The molecule has 0 saturated heterocycles. The summed E-state index contributed by atoms with van der Waals surface area (Å²) < 4.78 is 5.85. The molecule has 1 saturated carbocycles. The van der Waals surface area contributed by atoms with Crippen LogP contribution in [0.2, 0.25) is 0 Å². The van der Waals surface area contributed by atoms with Crippen LogP contribution in [0.1, 0.15) is 42.5 Å². The fourth-order valence-corrected chi connectivity index (χ4v) is 2.20. The molecular weight excluding hydrogens is 216 g/mol. The van der Waals surface area contributed by atoms with Crippen molar-refractivity contribution in [2.75, 3.05) is 5.73 Å². The van der Waals surface area contributed by atoms with E-state index < -0.39 is 5.91 Å². The van der Waals surface area contributed by atoms with Crippen LogP contribution >= 0.6 is 0 Å². The minimum Gasteiger partial charge on any atom is -0.490 e. The van der Waals surface area contributed by atoms with Crippen molar-refractivity contribution in [2.45, 2.75) is 38.2 Å². The summed E-state index contributed by atoms with van der Waals surface area (Å²) in [5.41, 5.74) is 12.0. The first-order chi connectivity index (χ1) is 8.16. The number of nitrogen functional groups attached to an aromatic ring is 1. The van der Waals surface area contributed by atoms with Gasteiger partial charge in [0.15, 0.2) is 0 Å². The smallest absolute Gasteiger partial charge is 0.252 e. The Kier molecular flexibility index (Phi) is 3.52. The van der Waals surface area contributed by atoms with Gasteiger partial charge in [-0.3, -0.25) is 4.79 Å². The molecule has 0 heterocycles. The van der Waals surface area contributed by atoms with Crippen molar-refractivity contribution < 1.29 is 9.53 Å². The van der Waals surface area contributed by atoms with E-state index in [1.807, 2.05) is 0 Å². The molecular formula is C13H18N2O2. The molecule has 0 bridgehead atoms. The fraction of sp³-hybridized carbons (Fsp3) is 0.462. The number of anilines is 1. The predicted octanol–water partition coefficient (Wildman–Crippen LogP) is 2.08. The number of benzene rings is 1. The van der Waals surface area contributed by atoms with Crippen LogP contribution in [0.5, 0.6) is 5.75 Å². The monoisotopic (exact) mass is 234 g/mol. The van der Waals surface area contributed by atoms with Crippen LogP contribution in [0.25, 0.3) is 0 Å². The van der Waals surface area contributed by atoms with E-state index in [0.717, 1.165) is 12.8 Å². The highest BCUT2D eigenvalue weighted by Crippen LogP contribution is 2.27. The van der Waals surface area contributed by atoms with Gasteiger partial charge in [-0.05, 0) is 37.8 Å². The van der Waals surface area contributed by atoms with Crippen molar-refractivity contribution in [1.82, 2.24) is 0 Å². The van der Waals surface area contributed by atoms with Crippen molar-refractivity contribution in [3.05, 3.63) is 23.8 Å². The number of carbonyl (C=O) groups is 1. The van der Waals surface area contributed by atoms with Gasteiger partial charge in [0, 0.05) is 11.8 Å². The molecule has 1 aromatic rings. The van der Waals surface area contributed by atoms with Crippen molar-refractivity contribution in [3.8, 4) is 5.75 Å². The fourth-order valence-electron chi connectivity index (χ4n) is 2.20. The van der Waals surface area contributed by atoms with E-state index in [-0.39, 0.29) is 6.10 Å². The van der Waals surface area contributed by atoms with Gasteiger partial charge in [-0.15, -0.1) is 0 Å². The molecule has 1 aliphatic carbocycles. The van der Waals surface area contributed by atoms with Crippen LogP contribution < -0.4 is 16.2 Å². The quantitative estimate of drug-likeness (QED) is 0.786. The maximum absolute atomic E-state index is 11.3. The van der Waals surface area contributed by atoms with E-state index in [0.29, 0.717) is 17.0 Å². The number of amides is 1. The first kappa shape index (κ1) is 11.8. The predicted molar refractivity (Wildman–Crippen MR) is 66.9 cm³/mol. The second-order valence-electron chi connectivity index (χ2n) is 4.50. The minimum atomic E-state index is -0.476. The Balaban J connectivity index is 2.17. The zero-order chi connectivity index (χ0) is 12.3. The molecule has 92 valence electrons. The molecule has 0 spiro atoms. The molecule has 0 radical (unpaired) electrons. The molecule has 4 heteroatoms. The van der Waals surface area contributed by atoms with Crippen LogP contribution in [0, 0.1) is 0 Å². The third kappa shape index (κ3) is 2.90. The first-order valence-electron chi connectivity index (χ1n) is 6.03. The number of primary amides is 1. The first-order valence-corrected chi connectivity index (χ1v) is 6.03. The summed E-state index contributed by atoms with van der Waals surface area (Å²) >= 11 is 0. The number of carbonyl (C=O) groups excluding carboxylic acids is 1. The summed E-state index contributed by atoms with van der Waals surface area (Å²) in [6.07, 6.45) is 5.88. The third-order valence-electron chi connectivity index (χ3n) is 3.12. The minimum absolute atomic E-state index is 0.184. The summed E-state index contributed by atoms with van der Waals surface area (Å²) in [5, 5.41) is 0. The second-order valence-corrected chi connectivity index (χ2v) is 4.50. The van der Waals surface area contributed by atoms with Gasteiger partial charge in [-0.2, -0.15) is 0 Å². The largest absolute Gasteiger partial charge is 0.490 e. The Morgan fingerprint density at radius 1 is 1.24 bits per heavy atom. The van der Waals surface area contributed by atoms with E-state index in [1.165, 1.54) is 19.3 Å². The Hall–Kier alpha value is -1.71. The van der Waals surface area contributed by atoms with Gasteiger partial charge in [0.2, 0.25) is 0 Å². The van der Waals surface area contributed by atoms with Gasteiger partial charge >= 0.3 is 0 Å². The van der Waals surface area contributed by atoms with Gasteiger partial charge in [-0.25, -0.2) is 0 Å². The lowest BCUT2D eigenvalue weighted by Crippen LogP contribution is -2.22. The van der Waals surface area contributed by atoms with Gasteiger partial charge in [-0.1, -0.05) is 6.42 Å². The third-order valence-corrected chi connectivity index (χ3v) is 3.12. The molecule has 1 aromatic carbocycles. The second kappa shape index (κ2) is 5.08. The average Bonchev–Trinajstić information content (AvgIpc) is 2.30. The van der Waals surface area contributed by atoms with Crippen LogP contribution in [0.3, 0.4) is 0 Å². The summed E-state index contributed by atoms with van der Waals surface area (Å²) in [7, 11) is 0. The van der Waals surface area contributed by atoms with Gasteiger partial charge in [0.1, 0.15) is 5.75 Å².